The van der Waals surface area contributed by atoms with Crippen molar-refractivity contribution in [2.75, 3.05) is 6.61 Å². The molecule has 0 fully saturated rings. The van der Waals surface area contributed by atoms with Gasteiger partial charge in [0.15, 0.2) is 0 Å². The average molecular weight is 234 g/mol. The molecule has 1 aromatic rings. The number of fused-ring (bicyclic) bond motifs is 1. The first-order chi connectivity index (χ1) is 8.27. The molecule has 1 heterocycles. The van der Waals surface area contributed by atoms with Gasteiger partial charge in [-0.05, 0) is 24.3 Å². The maximum atomic E-state index is 10.5. The zero-order valence-electron chi connectivity index (χ0n) is 10.8. The minimum Gasteiger partial charge on any atom is -0.493 e. The second kappa shape index (κ2) is 5.54. The molecule has 1 aromatic carbocycles. The van der Waals surface area contributed by atoms with Crippen LogP contribution in [0.15, 0.2) is 18.2 Å². The zero-order valence-corrected chi connectivity index (χ0v) is 10.8. The maximum Gasteiger partial charge on any atom is 0.128 e. The van der Waals surface area contributed by atoms with E-state index >= 15 is 0 Å². The lowest BCUT2D eigenvalue weighted by molar-refractivity contribution is 0.0985. The molecule has 0 radical (unpaired) electrons. The van der Waals surface area contributed by atoms with Crippen LogP contribution in [-0.4, -0.2) is 11.7 Å². The van der Waals surface area contributed by atoms with Crippen LogP contribution in [0.25, 0.3) is 0 Å². The Morgan fingerprint density at radius 1 is 1.29 bits per heavy atom. The van der Waals surface area contributed by atoms with Crippen LogP contribution in [0, 0.1) is 5.92 Å². The van der Waals surface area contributed by atoms with E-state index in [1.165, 1.54) is 5.56 Å². The summed E-state index contributed by atoms with van der Waals surface area (Å²) in [6, 6.07) is 6.15. The van der Waals surface area contributed by atoms with E-state index in [9.17, 15) is 5.11 Å². The summed E-state index contributed by atoms with van der Waals surface area (Å²) in [5, 5.41) is 10.5. The van der Waals surface area contributed by atoms with Gasteiger partial charge >= 0.3 is 0 Å². The molecule has 0 spiro atoms. The molecule has 17 heavy (non-hydrogen) atoms. The molecule has 0 bridgehead atoms. The van der Waals surface area contributed by atoms with Crippen LogP contribution in [0.4, 0.5) is 0 Å². The molecule has 0 saturated carbocycles. The highest BCUT2D eigenvalue weighted by molar-refractivity contribution is 5.44. The Hall–Kier alpha value is -1.02. The normalized spacial score (nSPS) is 16.5. The lowest BCUT2D eigenvalue weighted by Crippen LogP contribution is -2.16. The third-order valence-electron chi connectivity index (χ3n) is 3.78. The van der Waals surface area contributed by atoms with Gasteiger partial charge in [0.05, 0.1) is 12.7 Å². The summed E-state index contributed by atoms with van der Waals surface area (Å²) in [7, 11) is 0. The highest BCUT2D eigenvalue weighted by Gasteiger charge is 2.24. The minimum absolute atomic E-state index is 0.326. The Bertz CT molecular complexity index is 369. The van der Waals surface area contributed by atoms with Crippen LogP contribution in [-0.2, 0) is 6.42 Å². The number of aryl methyl sites for hydroxylation is 1. The number of para-hydroxylation sites is 1. The van der Waals surface area contributed by atoms with Crippen LogP contribution in [0.5, 0.6) is 5.75 Å². The van der Waals surface area contributed by atoms with Gasteiger partial charge in [-0.15, -0.1) is 0 Å². The summed E-state index contributed by atoms with van der Waals surface area (Å²) in [5.74, 6) is 1.27. The Morgan fingerprint density at radius 3 is 2.76 bits per heavy atom. The summed E-state index contributed by atoms with van der Waals surface area (Å²) < 4.78 is 5.75. The van der Waals surface area contributed by atoms with E-state index < -0.39 is 6.10 Å². The molecule has 0 aliphatic carbocycles. The van der Waals surface area contributed by atoms with Crippen molar-refractivity contribution in [1.29, 1.82) is 0 Å². The molecule has 1 N–H and O–H groups in total. The molecular weight excluding hydrogens is 212 g/mol. The summed E-state index contributed by atoms with van der Waals surface area (Å²) in [6.07, 6.45) is 3.76. The van der Waals surface area contributed by atoms with Gasteiger partial charge in [0.1, 0.15) is 5.75 Å². The van der Waals surface area contributed by atoms with Gasteiger partial charge in [0.2, 0.25) is 0 Å². The van der Waals surface area contributed by atoms with Gasteiger partial charge in [-0.25, -0.2) is 0 Å². The quantitative estimate of drug-likeness (QED) is 0.864. The first-order valence-electron chi connectivity index (χ1n) is 6.70. The number of benzene rings is 1. The van der Waals surface area contributed by atoms with Gasteiger partial charge < -0.3 is 9.84 Å². The fraction of sp³-hybridized carbons (Fsp3) is 0.600. The van der Waals surface area contributed by atoms with Crippen molar-refractivity contribution in [3.05, 3.63) is 29.3 Å². The number of hydrogen-bond donors (Lipinski definition) is 1. The van der Waals surface area contributed by atoms with Crippen molar-refractivity contribution >= 4 is 0 Å². The van der Waals surface area contributed by atoms with Gasteiger partial charge in [-0.2, -0.15) is 0 Å². The monoisotopic (exact) mass is 234 g/mol. The number of hydrogen-bond acceptors (Lipinski definition) is 2. The van der Waals surface area contributed by atoms with Crippen molar-refractivity contribution in [2.45, 2.75) is 45.6 Å². The summed E-state index contributed by atoms with van der Waals surface area (Å²) in [4.78, 5) is 0. The summed E-state index contributed by atoms with van der Waals surface area (Å²) >= 11 is 0. The first-order valence-corrected chi connectivity index (χ1v) is 6.70. The predicted octanol–water partition coefficient (Wildman–Crippen LogP) is 3.48. The average Bonchev–Trinajstić information content (AvgIpc) is 2.39. The fourth-order valence-corrected chi connectivity index (χ4v) is 2.64. The van der Waals surface area contributed by atoms with Crippen LogP contribution < -0.4 is 4.74 Å². The Morgan fingerprint density at radius 2 is 2.06 bits per heavy atom. The van der Waals surface area contributed by atoms with E-state index in [0.717, 1.165) is 43.6 Å². The molecule has 1 unspecified atom stereocenters. The van der Waals surface area contributed by atoms with E-state index in [1.54, 1.807) is 0 Å². The van der Waals surface area contributed by atoms with Gasteiger partial charge in [-0.1, -0.05) is 44.9 Å². The Kier molecular flexibility index (Phi) is 4.06. The fourth-order valence-electron chi connectivity index (χ4n) is 2.64. The summed E-state index contributed by atoms with van der Waals surface area (Å²) in [6.45, 7) is 5.04. The van der Waals surface area contributed by atoms with E-state index in [4.69, 9.17) is 4.74 Å². The largest absolute Gasteiger partial charge is 0.493 e. The van der Waals surface area contributed by atoms with E-state index in [2.05, 4.69) is 19.9 Å². The van der Waals surface area contributed by atoms with Crippen molar-refractivity contribution in [2.24, 2.45) is 5.92 Å². The molecular formula is C15H22O2. The third-order valence-corrected chi connectivity index (χ3v) is 3.78. The van der Waals surface area contributed by atoms with E-state index in [1.807, 2.05) is 12.1 Å². The Balaban J connectivity index is 2.31. The lowest BCUT2D eigenvalue weighted by Gasteiger charge is -2.26. The van der Waals surface area contributed by atoms with Crippen molar-refractivity contribution in [3.63, 3.8) is 0 Å². The van der Waals surface area contributed by atoms with Crippen LogP contribution in [0.1, 0.15) is 50.3 Å². The highest BCUT2D eigenvalue weighted by Crippen LogP contribution is 2.37. The molecule has 0 amide bonds. The topological polar surface area (TPSA) is 29.5 Å². The van der Waals surface area contributed by atoms with Gasteiger partial charge in [-0.3, -0.25) is 0 Å². The standard InChI is InChI=1S/C15H22O2/c1-3-11(4-2)14(16)13-9-5-7-12-8-6-10-17-15(12)13/h5,7,9,11,14,16H,3-4,6,8,10H2,1-2H3. The van der Waals surface area contributed by atoms with E-state index in [-0.39, 0.29) is 0 Å². The number of rotatable bonds is 4. The minimum atomic E-state index is -0.391. The molecule has 94 valence electrons. The van der Waals surface area contributed by atoms with Crippen molar-refractivity contribution < 1.29 is 9.84 Å². The maximum absolute atomic E-state index is 10.5. The number of aliphatic hydroxyl groups excluding tert-OH is 1. The van der Waals surface area contributed by atoms with Gasteiger partial charge in [0, 0.05) is 5.56 Å². The number of ether oxygens (including phenoxy) is 1. The van der Waals surface area contributed by atoms with Crippen molar-refractivity contribution in [1.82, 2.24) is 0 Å². The highest BCUT2D eigenvalue weighted by atomic mass is 16.5. The van der Waals surface area contributed by atoms with Crippen LogP contribution in [0.2, 0.25) is 0 Å². The lowest BCUT2D eigenvalue weighted by atomic mass is 9.89. The first kappa shape index (κ1) is 12.4. The van der Waals surface area contributed by atoms with Crippen molar-refractivity contribution in [3.8, 4) is 5.75 Å². The second-order valence-electron chi connectivity index (χ2n) is 4.81. The molecule has 0 aromatic heterocycles. The molecule has 1 aliphatic rings. The third kappa shape index (κ3) is 2.47. The molecule has 2 heteroatoms. The summed E-state index contributed by atoms with van der Waals surface area (Å²) in [5.41, 5.74) is 2.23. The molecule has 0 saturated heterocycles. The predicted molar refractivity (Wildman–Crippen MR) is 69.3 cm³/mol. The zero-order chi connectivity index (χ0) is 12.3. The second-order valence-corrected chi connectivity index (χ2v) is 4.81. The molecule has 2 rings (SSSR count). The molecule has 2 nitrogen and oxygen atoms in total. The molecule has 1 aliphatic heterocycles. The number of aliphatic hydroxyl groups is 1. The SMILES string of the molecule is CCC(CC)C(O)c1cccc2c1OCCC2. The molecule has 1 atom stereocenters. The smallest absolute Gasteiger partial charge is 0.128 e. The Labute approximate surface area is 104 Å². The van der Waals surface area contributed by atoms with Gasteiger partial charge in [0.25, 0.3) is 0 Å². The van der Waals surface area contributed by atoms with Crippen LogP contribution >= 0.6 is 0 Å². The van der Waals surface area contributed by atoms with Crippen LogP contribution in [0.3, 0.4) is 0 Å². The van der Waals surface area contributed by atoms with E-state index in [0.29, 0.717) is 5.92 Å².